The van der Waals surface area contributed by atoms with Crippen LogP contribution in [0.5, 0.6) is 5.75 Å². The second kappa shape index (κ2) is 10.4. The van der Waals surface area contributed by atoms with Crippen LogP contribution in [0.2, 0.25) is 5.02 Å². The van der Waals surface area contributed by atoms with E-state index in [2.05, 4.69) is 0 Å². The molecule has 0 bridgehead atoms. The minimum Gasteiger partial charge on any atom is -0.474 e. The smallest absolute Gasteiger partial charge is 0.344 e. The van der Waals surface area contributed by atoms with Crippen LogP contribution < -0.4 is 10.2 Å². The maximum absolute atomic E-state index is 13.2. The summed E-state index contributed by atoms with van der Waals surface area (Å²) in [7, 11) is 0. The summed E-state index contributed by atoms with van der Waals surface area (Å²) >= 11 is 6.00. The summed E-state index contributed by atoms with van der Waals surface area (Å²) in [5.74, 6) is -0.338. The number of carbonyl (C=O) groups excluding carboxylic acids is 1. The number of hydrogen-bond acceptors (Lipinski definition) is 5. The first-order valence-electron chi connectivity index (χ1n) is 10.7. The molecule has 3 aromatic carbocycles. The number of fused-ring (bicyclic) bond motifs is 1. The Hall–Kier alpha value is -3.57. The largest absolute Gasteiger partial charge is 0.474 e. The van der Waals surface area contributed by atoms with E-state index in [4.69, 9.17) is 25.5 Å². The van der Waals surface area contributed by atoms with Gasteiger partial charge in [-0.1, -0.05) is 48.0 Å². The second-order valence-corrected chi connectivity index (χ2v) is 8.13. The van der Waals surface area contributed by atoms with Crippen LogP contribution >= 0.6 is 11.6 Å². The van der Waals surface area contributed by atoms with E-state index in [1.807, 2.05) is 43.3 Å². The van der Waals surface area contributed by atoms with E-state index in [0.717, 1.165) is 12.0 Å². The van der Waals surface area contributed by atoms with Gasteiger partial charge in [0.1, 0.15) is 5.58 Å². The van der Waals surface area contributed by atoms with Crippen molar-refractivity contribution in [3.63, 3.8) is 0 Å². The van der Waals surface area contributed by atoms with E-state index in [0.29, 0.717) is 28.0 Å². The van der Waals surface area contributed by atoms with Crippen LogP contribution in [0, 0.1) is 6.92 Å². The number of aryl methyl sites for hydroxylation is 2. The van der Waals surface area contributed by atoms with E-state index in [9.17, 15) is 9.59 Å². The summed E-state index contributed by atoms with van der Waals surface area (Å²) in [5.41, 5.74) is 2.85. The lowest BCUT2D eigenvalue weighted by atomic mass is 10.1. The van der Waals surface area contributed by atoms with Crippen LogP contribution in [0.15, 0.2) is 82.0 Å². The first-order valence-corrected chi connectivity index (χ1v) is 11.0. The van der Waals surface area contributed by atoms with Crippen molar-refractivity contribution in [2.75, 3.05) is 13.2 Å². The lowest BCUT2D eigenvalue weighted by Gasteiger charge is -2.12. The molecular weight excluding hydrogens is 440 g/mol. The molecule has 0 aliphatic heterocycles. The standard InChI is InChI=1S/C27H23ClO5/c1-18-9-14-22-23(16-18)33-26(20-10-12-21(28)13-11-20)27(25(22)30)32-17-24(29)31-15-5-8-19-6-3-2-4-7-19/h2-4,6-7,9-14,16H,5,8,15,17H2,1H3. The van der Waals surface area contributed by atoms with Crippen molar-refractivity contribution in [1.82, 2.24) is 0 Å². The molecule has 4 rings (SSSR count). The Morgan fingerprint density at radius 2 is 1.76 bits per heavy atom. The molecule has 1 heterocycles. The highest BCUT2D eigenvalue weighted by atomic mass is 35.5. The van der Waals surface area contributed by atoms with Gasteiger partial charge < -0.3 is 13.9 Å². The van der Waals surface area contributed by atoms with Crippen molar-refractivity contribution in [2.45, 2.75) is 19.8 Å². The van der Waals surface area contributed by atoms with Crippen molar-refractivity contribution in [1.29, 1.82) is 0 Å². The van der Waals surface area contributed by atoms with Crippen LogP contribution in [0.25, 0.3) is 22.3 Å². The number of hydrogen-bond donors (Lipinski definition) is 0. The predicted octanol–water partition coefficient (Wildman–Crippen LogP) is 5.98. The van der Waals surface area contributed by atoms with Gasteiger partial charge in [-0.25, -0.2) is 4.79 Å². The normalized spacial score (nSPS) is 10.8. The highest BCUT2D eigenvalue weighted by Gasteiger charge is 2.19. The molecule has 1 aromatic heterocycles. The van der Waals surface area contributed by atoms with Crippen molar-refractivity contribution in [3.8, 4) is 17.1 Å². The molecule has 4 aromatic rings. The molecule has 5 nitrogen and oxygen atoms in total. The Balaban J connectivity index is 1.50. The summed E-state index contributed by atoms with van der Waals surface area (Å²) < 4.78 is 17.0. The molecule has 0 unspecified atom stereocenters. The number of benzene rings is 3. The molecule has 0 saturated carbocycles. The van der Waals surface area contributed by atoms with Gasteiger partial charge in [-0.15, -0.1) is 0 Å². The third kappa shape index (κ3) is 5.62. The maximum Gasteiger partial charge on any atom is 0.344 e. The van der Waals surface area contributed by atoms with Crippen LogP contribution in [0.4, 0.5) is 0 Å². The van der Waals surface area contributed by atoms with Crippen molar-refractivity contribution >= 4 is 28.5 Å². The van der Waals surface area contributed by atoms with E-state index >= 15 is 0 Å². The van der Waals surface area contributed by atoms with Crippen LogP contribution in [-0.4, -0.2) is 19.2 Å². The van der Waals surface area contributed by atoms with Gasteiger partial charge in [-0.2, -0.15) is 0 Å². The predicted molar refractivity (Wildman–Crippen MR) is 129 cm³/mol. The van der Waals surface area contributed by atoms with Gasteiger partial charge in [-0.3, -0.25) is 4.79 Å². The fraction of sp³-hybridized carbons (Fsp3) is 0.185. The zero-order valence-electron chi connectivity index (χ0n) is 18.2. The Morgan fingerprint density at radius 3 is 2.52 bits per heavy atom. The van der Waals surface area contributed by atoms with Crippen molar-refractivity contribution in [2.24, 2.45) is 0 Å². The monoisotopic (exact) mass is 462 g/mol. The van der Waals surface area contributed by atoms with Gasteiger partial charge in [0, 0.05) is 10.6 Å². The number of ether oxygens (including phenoxy) is 2. The minimum absolute atomic E-state index is 0.0325. The van der Waals surface area contributed by atoms with Crippen molar-refractivity contribution < 1.29 is 18.7 Å². The molecule has 168 valence electrons. The van der Waals surface area contributed by atoms with E-state index in [1.54, 1.807) is 36.4 Å². The third-order valence-corrected chi connectivity index (χ3v) is 5.41. The summed E-state index contributed by atoms with van der Waals surface area (Å²) in [6.07, 6.45) is 1.51. The fourth-order valence-electron chi connectivity index (χ4n) is 3.49. The summed E-state index contributed by atoms with van der Waals surface area (Å²) in [6, 6.07) is 22.1. The molecule has 0 amide bonds. The first kappa shape index (κ1) is 22.6. The first-order chi connectivity index (χ1) is 16.0. The van der Waals surface area contributed by atoms with Gasteiger partial charge in [0.15, 0.2) is 12.4 Å². The molecule has 0 fully saturated rings. The molecule has 0 N–H and O–H groups in total. The Labute approximate surface area is 196 Å². The average Bonchev–Trinajstić information content (AvgIpc) is 2.82. The van der Waals surface area contributed by atoms with Crippen LogP contribution in [0.3, 0.4) is 0 Å². The molecule has 0 saturated heterocycles. The number of halogens is 1. The van der Waals surface area contributed by atoms with Crippen LogP contribution in [-0.2, 0) is 16.0 Å². The zero-order valence-corrected chi connectivity index (χ0v) is 18.9. The number of carbonyl (C=O) groups is 1. The Morgan fingerprint density at radius 1 is 1.00 bits per heavy atom. The molecule has 6 heteroatoms. The van der Waals surface area contributed by atoms with Gasteiger partial charge >= 0.3 is 5.97 Å². The zero-order chi connectivity index (χ0) is 23.2. The average molecular weight is 463 g/mol. The third-order valence-electron chi connectivity index (χ3n) is 5.16. The molecule has 0 spiro atoms. The molecule has 0 aliphatic rings. The molecule has 0 aliphatic carbocycles. The van der Waals surface area contributed by atoms with Crippen LogP contribution in [0.1, 0.15) is 17.5 Å². The van der Waals surface area contributed by atoms with Gasteiger partial charge in [0.05, 0.1) is 12.0 Å². The van der Waals surface area contributed by atoms with Gasteiger partial charge in [-0.05, 0) is 67.3 Å². The lowest BCUT2D eigenvalue weighted by molar-refractivity contribution is -0.146. The van der Waals surface area contributed by atoms with E-state index < -0.39 is 12.6 Å². The second-order valence-electron chi connectivity index (χ2n) is 7.69. The molecule has 33 heavy (non-hydrogen) atoms. The topological polar surface area (TPSA) is 65.7 Å². The summed E-state index contributed by atoms with van der Waals surface area (Å²) in [6.45, 7) is 1.79. The van der Waals surface area contributed by atoms with Gasteiger partial charge in [0.25, 0.3) is 0 Å². The van der Waals surface area contributed by atoms with Gasteiger partial charge in [0.2, 0.25) is 11.2 Å². The highest BCUT2D eigenvalue weighted by molar-refractivity contribution is 6.30. The maximum atomic E-state index is 13.2. The lowest BCUT2D eigenvalue weighted by Crippen LogP contribution is -2.19. The van der Waals surface area contributed by atoms with E-state index in [1.165, 1.54) is 5.56 Å². The van der Waals surface area contributed by atoms with E-state index in [-0.39, 0.29) is 23.5 Å². The minimum atomic E-state index is -0.548. The fourth-order valence-corrected chi connectivity index (χ4v) is 3.61. The number of rotatable bonds is 8. The highest BCUT2D eigenvalue weighted by Crippen LogP contribution is 2.32. The molecule has 0 radical (unpaired) electrons. The molecular formula is C27H23ClO5. The Bertz CT molecular complexity index is 1310. The van der Waals surface area contributed by atoms with Crippen molar-refractivity contribution in [3.05, 3.63) is 99.2 Å². The quantitative estimate of drug-likeness (QED) is 0.238. The summed E-state index contributed by atoms with van der Waals surface area (Å²) in [5, 5.41) is 0.934. The number of esters is 1. The Kier molecular flexibility index (Phi) is 7.10. The SMILES string of the molecule is Cc1ccc2c(=O)c(OCC(=O)OCCCc3ccccc3)c(-c3ccc(Cl)cc3)oc2c1. The molecule has 0 atom stereocenters. The summed E-state index contributed by atoms with van der Waals surface area (Å²) in [4.78, 5) is 25.4.